The van der Waals surface area contributed by atoms with Crippen LogP contribution >= 0.6 is 0 Å². The van der Waals surface area contributed by atoms with Crippen molar-refractivity contribution in [1.29, 1.82) is 0 Å². The Morgan fingerprint density at radius 3 is 2.28 bits per heavy atom. The maximum Gasteiger partial charge on any atom is 1.00 e. The number of carbonyl (C=O) groups excluding carboxylic acids is 2. The van der Waals surface area contributed by atoms with Gasteiger partial charge in [-0.25, -0.2) is 8.42 Å². The van der Waals surface area contributed by atoms with E-state index < -0.39 is 49.4 Å². The fourth-order valence-corrected chi connectivity index (χ4v) is 4.05. The molecule has 3 fully saturated rings. The van der Waals surface area contributed by atoms with E-state index in [2.05, 4.69) is 13.4 Å². The average molecular weight is 292 g/mol. The molecule has 3 saturated heterocycles. The third-order valence-electron chi connectivity index (χ3n) is 2.28. The van der Waals surface area contributed by atoms with Crippen LogP contribution in [0.25, 0.3) is 0 Å². The van der Waals surface area contributed by atoms with Gasteiger partial charge in [-0.3, -0.25) is 18.0 Å². The molecule has 2 bridgehead atoms. The second-order valence-corrected chi connectivity index (χ2v) is 7.60. The number of rotatable bonds is 1. The van der Waals surface area contributed by atoms with Crippen LogP contribution in [0.1, 0.15) is 6.42 Å². The van der Waals surface area contributed by atoms with Gasteiger partial charge in [-0.2, -0.15) is 0 Å². The van der Waals surface area contributed by atoms with E-state index in [1.165, 1.54) is 0 Å². The quantitative estimate of drug-likeness (QED) is 0.435. The zero-order chi connectivity index (χ0) is 13.1. The summed E-state index contributed by atoms with van der Waals surface area (Å²) in [6.45, 7) is 0. The monoisotopic (exact) mass is 292 g/mol. The summed E-state index contributed by atoms with van der Waals surface area (Å²) in [5.41, 5.74) is 0. The van der Waals surface area contributed by atoms with Crippen LogP contribution in [0, 0.1) is 0 Å². The molecule has 0 aromatic carbocycles. The van der Waals surface area contributed by atoms with Crippen molar-refractivity contribution >= 4 is 37.8 Å². The van der Waals surface area contributed by atoms with E-state index in [1.807, 2.05) is 0 Å². The van der Waals surface area contributed by atoms with Gasteiger partial charge in [0.1, 0.15) is 9.69 Å². The van der Waals surface area contributed by atoms with E-state index in [4.69, 9.17) is 0 Å². The molecule has 0 amide bonds. The summed E-state index contributed by atoms with van der Waals surface area (Å²) in [5, 5.41) is -1.88. The number of carbonyl (C=O) groups is 2. The molecule has 96 valence electrons. The van der Waals surface area contributed by atoms with Gasteiger partial charge in [-0.1, -0.05) is 0 Å². The minimum Gasteiger partial charge on any atom is -0.621 e. The van der Waals surface area contributed by atoms with Crippen molar-refractivity contribution in [3.8, 4) is 0 Å². The van der Waals surface area contributed by atoms with E-state index in [0.717, 1.165) is 0 Å². The summed E-state index contributed by atoms with van der Waals surface area (Å²) in [4.78, 5) is 22.5. The average Bonchev–Trinajstić information content (AvgIpc) is 2.26. The van der Waals surface area contributed by atoms with Crippen LogP contribution < -0.4 is 18.9 Å². The van der Waals surface area contributed by atoms with Gasteiger partial charge >= 0.3 is 24.9 Å². The van der Waals surface area contributed by atoms with E-state index in [0.29, 0.717) is 6.26 Å². The van der Waals surface area contributed by atoms with E-state index in [-0.39, 0.29) is 18.9 Å². The molecular formula is C5H6BLiO9S2. The second kappa shape index (κ2) is 4.24. The van der Waals surface area contributed by atoms with Gasteiger partial charge in [0.05, 0.1) is 6.42 Å². The number of hydrogen-bond acceptors (Lipinski definition) is 9. The van der Waals surface area contributed by atoms with Crippen molar-refractivity contribution < 1.29 is 58.7 Å². The summed E-state index contributed by atoms with van der Waals surface area (Å²) in [5.74, 6) is -2.56. The van der Waals surface area contributed by atoms with Gasteiger partial charge < -0.3 is 13.4 Å². The summed E-state index contributed by atoms with van der Waals surface area (Å²) in [6, 6.07) is -3.99. The first-order chi connectivity index (χ1) is 7.57. The molecule has 2 atom stereocenters. The molecule has 0 N–H and O–H groups in total. The van der Waals surface area contributed by atoms with Gasteiger partial charge in [0, 0.05) is 6.26 Å². The Kier molecular flexibility index (Phi) is 3.66. The Labute approximate surface area is 114 Å². The maximum absolute atomic E-state index is 11.5. The Morgan fingerprint density at radius 2 is 1.83 bits per heavy atom. The van der Waals surface area contributed by atoms with Crippen LogP contribution in [0.3, 0.4) is 0 Å². The van der Waals surface area contributed by atoms with Crippen molar-refractivity contribution in [3.05, 3.63) is 0 Å². The first kappa shape index (κ1) is 15.5. The predicted molar refractivity (Wildman–Crippen MR) is 51.2 cm³/mol. The molecule has 18 heavy (non-hydrogen) atoms. The van der Waals surface area contributed by atoms with Gasteiger partial charge in [-0.05, 0) is 0 Å². The van der Waals surface area contributed by atoms with Crippen LogP contribution in [-0.4, -0.2) is 46.3 Å². The van der Waals surface area contributed by atoms with E-state index in [1.54, 1.807) is 0 Å². The fourth-order valence-electron chi connectivity index (χ4n) is 1.42. The minimum absolute atomic E-state index is 0. The molecule has 2 unspecified atom stereocenters. The summed E-state index contributed by atoms with van der Waals surface area (Å²) in [6.07, 6.45) is -0.297. The molecule has 3 heterocycles. The van der Waals surface area contributed by atoms with Crippen molar-refractivity contribution in [2.45, 2.75) is 11.7 Å². The summed E-state index contributed by atoms with van der Waals surface area (Å²) in [7, 11) is -8.94. The Balaban J connectivity index is 0.00000162. The normalized spacial score (nSPS) is 33.9. The fraction of sp³-hybridized carbons (Fsp3) is 0.600. The van der Waals surface area contributed by atoms with Crippen LogP contribution in [0.4, 0.5) is 0 Å². The van der Waals surface area contributed by atoms with Gasteiger partial charge in [-0.15, -0.1) is 0 Å². The SMILES string of the molecule is CS(=O)(=O)[B-]12OC(=O)CC(C(=O)O1)S(=O)(=O)O2.[Li+]. The van der Waals surface area contributed by atoms with Crippen molar-refractivity contribution in [1.82, 2.24) is 0 Å². The molecule has 0 saturated carbocycles. The number of fused-ring (bicyclic) bond motifs is 4. The van der Waals surface area contributed by atoms with Crippen LogP contribution in [0.2, 0.25) is 0 Å². The Hall–Kier alpha value is -0.538. The third-order valence-corrected chi connectivity index (χ3v) is 5.31. The Morgan fingerprint density at radius 1 is 1.28 bits per heavy atom. The zero-order valence-corrected chi connectivity index (χ0v) is 11.0. The van der Waals surface area contributed by atoms with Crippen LogP contribution in [-0.2, 0) is 42.8 Å². The van der Waals surface area contributed by atoms with Gasteiger partial charge in [0.2, 0.25) is 10.1 Å². The molecule has 0 aromatic heterocycles. The molecule has 0 aliphatic carbocycles. The van der Waals surface area contributed by atoms with E-state index >= 15 is 0 Å². The molecular weight excluding hydrogens is 286 g/mol. The summed E-state index contributed by atoms with van der Waals surface area (Å²) < 4.78 is 58.7. The molecule has 0 spiro atoms. The van der Waals surface area contributed by atoms with Crippen molar-refractivity contribution in [2.24, 2.45) is 0 Å². The zero-order valence-electron chi connectivity index (χ0n) is 9.35. The smallest absolute Gasteiger partial charge is 0.621 e. The van der Waals surface area contributed by atoms with Gasteiger partial charge in [0.15, 0.2) is 5.25 Å². The molecule has 0 radical (unpaired) electrons. The van der Waals surface area contributed by atoms with Crippen molar-refractivity contribution in [2.75, 3.05) is 6.26 Å². The molecule has 9 nitrogen and oxygen atoms in total. The molecule has 3 aliphatic heterocycles. The number of hydrogen-bond donors (Lipinski definition) is 0. The Bertz CT molecular complexity index is 605. The van der Waals surface area contributed by atoms with Crippen molar-refractivity contribution in [3.63, 3.8) is 0 Å². The molecule has 3 rings (SSSR count). The first-order valence-electron chi connectivity index (χ1n) is 4.29. The van der Waals surface area contributed by atoms with Crippen LogP contribution in [0.15, 0.2) is 0 Å². The predicted octanol–water partition coefficient (Wildman–Crippen LogP) is -5.31. The molecule has 0 aromatic rings. The van der Waals surface area contributed by atoms with Crippen LogP contribution in [0.5, 0.6) is 0 Å². The second-order valence-electron chi connectivity index (χ2n) is 3.62. The molecule has 13 heteroatoms. The van der Waals surface area contributed by atoms with E-state index in [9.17, 15) is 26.4 Å². The minimum atomic E-state index is -4.56. The summed E-state index contributed by atoms with van der Waals surface area (Å²) >= 11 is 0. The maximum atomic E-state index is 11.5. The first-order valence-corrected chi connectivity index (χ1v) is 7.71. The largest absolute Gasteiger partial charge is 1.00 e. The van der Waals surface area contributed by atoms with Gasteiger partial charge in [0.25, 0.3) is 11.9 Å². The third kappa shape index (κ3) is 2.19. The molecule has 3 aliphatic rings. The topological polar surface area (TPSA) is 130 Å². The standard InChI is InChI=1S/C5H6BO9S2.Li/c1-16(9,10)6-13-4(7)2-3(5(8)14-6)17(11,12)15-6;/h3H,2H2,1H3;/q-1;+1.